The van der Waals surface area contributed by atoms with E-state index in [1.807, 2.05) is 0 Å². The van der Waals surface area contributed by atoms with E-state index in [-0.39, 0.29) is 11.5 Å². The quantitative estimate of drug-likeness (QED) is 0.648. The number of rotatable bonds is 7. The maximum atomic E-state index is 11.3. The highest BCUT2D eigenvalue weighted by Gasteiger charge is 2.53. The maximum Gasteiger partial charge on any atom is 0.133 e. The predicted octanol–water partition coefficient (Wildman–Crippen LogP) is 4.09. The number of hydrogen-bond acceptors (Lipinski definition) is 6. The minimum absolute atomic E-state index is 0.147. The number of anilines is 2. The molecule has 2 aromatic rings. The van der Waals surface area contributed by atoms with E-state index in [1.54, 1.807) is 6.33 Å². The van der Waals surface area contributed by atoms with Crippen LogP contribution in [0.15, 0.2) is 30.6 Å². The van der Waals surface area contributed by atoms with E-state index < -0.39 is 0 Å². The standard InChI is InChI=1S/C28H39N5O/c1-32(2)23-5-3-19(4-6-23)16-33-8-7-24-25(17-33)30-18-31-27(24)29-15-26(34)28-12-20-9-21(13-28)11-22(10-20)14-28/h3-6,18,20-22,26,34H,7-17H2,1-2H3,(H,29,30,31). The summed E-state index contributed by atoms with van der Waals surface area (Å²) in [5.41, 5.74) is 5.07. The van der Waals surface area contributed by atoms with Crippen molar-refractivity contribution in [3.63, 3.8) is 0 Å². The first-order chi connectivity index (χ1) is 16.5. The molecule has 2 heterocycles. The van der Waals surface area contributed by atoms with Crippen LogP contribution < -0.4 is 10.2 Å². The van der Waals surface area contributed by atoms with Crippen molar-refractivity contribution in [1.29, 1.82) is 0 Å². The summed E-state index contributed by atoms with van der Waals surface area (Å²) in [6, 6.07) is 8.83. The molecule has 0 spiro atoms. The van der Waals surface area contributed by atoms with Crippen molar-refractivity contribution in [3.05, 3.63) is 47.4 Å². The summed E-state index contributed by atoms with van der Waals surface area (Å²) in [4.78, 5) is 13.8. The summed E-state index contributed by atoms with van der Waals surface area (Å²) in [6.07, 6.45) is 10.3. The molecule has 4 saturated carbocycles. The second-order valence-corrected chi connectivity index (χ2v) is 11.8. The Morgan fingerprint density at radius 2 is 1.74 bits per heavy atom. The average Bonchev–Trinajstić information content (AvgIpc) is 2.82. The minimum Gasteiger partial charge on any atom is -0.391 e. The van der Waals surface area contributed by atoms with Crippen LogP contribution in [0.1, 0.15) is 55.3 Å². The Bertz CT molecular complexity index is 985. The lowest BCUT2D eigenvalue weighted by Crippen LogP contribution is -2.53. The topological polar surface area (TPSA) is 64.5 Å². The van der Waals surface area contributed by atoms with Gasteiger partial charge in [0.05, 0.1) is 11.8 Å². The molecular weight excluding hydrogens is 422 g/mol. The van der Waals surface area contributed by atoms with Gasteiger partial charge < -0.3 is 15.3 Å². The molecular formula is C28H39N5O. The lowest BCUT2D eigenvalue weighted by atomic mass is 9.48. The summed E-state index contributed by atoms with van der Waals surface area (Å²) in [5, 5.41) is 14.9. The zero-order chi connectivity index (χ0) is 23.3. The fourth-order valence-electron chi connectivity index (χ4n) is 7.85. The molecule has 34 heavy (non-hydrogen) atoms. The molecule has 2 N–H and O–H groups in total. The van der Waals surface area contributed by atoms with Crippen molar-refractivity contribution in [2.75, 3.05) is 37.4 Å². The molecule has 1 unspecified atom stereocenters. The van der Waals surface area contributed by atoms with Crippen LogP contribution in [-0.2, 0) is 19.5 Å². The number of aliphatic hydroxyl groups excluding tert-OH is 1. The Labute approximate surface area is 203 Å². The van der Waals surface area contributed by atoms with Gasteiger partial charge >= 0.3 is 0 Å². The monoisotopic (exact) mass is 461 g/mol. The van der Waals surface area contributed by atoms with Crippen LogP contribution in [0.3, 0.4) is 0 Å². The van der Waals surface area contributed by atoms with Gasteiger partial charge in [-0.3, -0.25) is 4.90 Å². The Kier molecular flexibility index (Phi) is 5.77. The lowest BCUT2D eigenvalue weighted by molar-refractivity contribution is -0.115. The van der Waals surface area contributed by atoms with Crippen molar-refractivity contribution in [2.45, 2.75) is 64.1 Å². The fraction of sp³-hybridized carbons (Fsp3) is 0.643. The summed E-state index contributed by atoms with van der Waals surface area (Å²) in [7, 11) is 4.15. The zero-order valence-corrected chi connectivity index (χ0v) is 20.7. The van der Waals surface area contributed by atoms with E-state index in [9.17, 15) is 5.11 Å². The fourth-order valence-corrected chi connectivity index (χ4v) is 7.85. The Morgan fingerprint density at radius 3 is 2.38 bits per heavy atom. The van der Waals surface area contributed by atoms with Gasteiger partial charge in [-0.25, -0.2) is 9.97 Å². The second kappa shape index (κ2) is 8.80. The lowest BCUT2D eigenvalue weighted by Gasteiger charge is -2.58. The zero-order valence-electron chi connectivity index (χ0n) is 20.7. The number of nitrogens with one attached hydrogen (secondary N) is 1. The van der Waals surface area contributed by atoms with Gasteiger partial charge in [-0.15, -0.1) is 0 Å². The molecule has 0 radical (unpaired) electrons. The van der Waals surface area contributed by atoms with E-state index in [4.69, 9.17) is 0 Å². The first-order valence-corrected chi connectivity index (χ1v) is 13.2. The number of nitrogens with zero attached hydrogens (tertiary/aromatic N) is 4. The normalized spacial score (nSPS) is 30.7. The van der Waals surface area contributed by atoms with Gasteiger partial charge in [0, 0.05) is 51.5 Å². The number of aromatic nitrogens is 2. The molecule has 4 bridgehead atoms. The van der Waals surface area contributed by atoms with Crippen LogP contribution in [0.2, 0.25) is 0 Å². The Morgan fingerprint density at radius 1 is 1.06 bits per heavy atom. The van der Waals surface area contributed by atoms with E-state index >= 15 is 0 Å². The van der Waals surface area contributed by atoms with Crippen LogP contribution in [0, 0.1) is 23.2 Å². The molecule has 7 rings (SSSR count). The van der Waals surface area contributed by atoms with E-state index in [1.165, 1.54) is 55.3 Å². The first kappa shape index (κ1) is 22.3. The van der Waals surface area contributed by atoms with E-state index in [0.29, 0.717) is 6.54 Å². The third kappa shape index (κ3) is 4.20. The third-order valence-corrected chi connectivity index (χ3v) is 9.20. The Hall–Kier alpha value is -2.18. The van der Waals surface area contributed by atoms with Crippen molar-refractivity contribution in [2.24, 2.45) is 23.2 Å². The first-order valence-electron chi connectivity index (χ1n) is 13.2. The summed E-state index contributed by atoms with van der Waals surface area (Å²) in [6.45, 7) is 3.39. The van der Waals surface area contributed by atoms with Gasteiger partial charge in [-0.1, -0.05) is 12.1 Å². The minimum atomic E-state index is -0.281. The third-order valence-electron chi connectivity index (χ3n) is 9.20. The molecule has 6 heteroatoms. The predicted molar refractivity (Wildman–Crippen MR) is 136 cm³/mol. The van der Waals surface area contributed by atoms with Crippen LogP contribution >= 0.6 is 0 Å². The summed E-state index contributed by atoms with van der Waals surface area (Å²) >= 11 is 0. The number of benzene rings is 1. The SMILES string of the molecule is CN(C)c1ccc(CN2CCc3c(ncnc3NCC(O)C34CC5CC(CC(C5)C3)C4)C2)cc1. The highest BCUT2D eigenvalue weighted by atomic mass is 16.3. The van der Waals surface area contributed by atoms with Crippen molar-refractivity contribution >= 4 is 11.5 Å². The Balaban J connectivity index is 1.09. The van der Waals surface area contributed by atoms with Gasteiger partial charge in [-0.2, -0.15) is 0 Å². The highest BCUT2D eigenvalue weighted by Crippen LogP contribution is 2.61. The number of aliphatic hydroxyl groups is 1. The smallest absolute Gasteiger partial charge is 0.133 e. The van der Waals surface area contributed by atoms with E-state index in [2.05, 4.69) is 63.4 Å². The van der Waals surface area contributed by atoms with Crippen LogP contribution in [0.4, 0.5) is 11.5 Å². The molecule has 5 aliphatic rings. The molecule has 4 aliphatic carbocycles. The number of hydrogen-bond donors (Lipinski definition) is 2. The highest BCUT2D eigenvalue weighted by molar-refractivity contribution is 5.48. The summed E-state index contributed by atoms with van der Waals surface area (Å²) < 4.78 is 0. The summed E-state index contributed by atoms with van der Waals surface area (Å²) in [5.74, 6) is 3.51. The van der Waals surface area contributed by atoms with Gasteiger partial charge in [0.1, 0.15) is 12.1 Å². The van der Waals surface area contributed by atoms with Gasteiger partial charge in [0.15, 0.2) is 0 Å². The van der Waals surface area contributed by atoms with Crippen molar-refractivity contribution in [3.8, 4) is 0 Å². The van der Waals surface area contributed by atoms with Gasteiger partial charge in [0.25, 0.3) is 0 Å². The molecule has 1 atom stereocenters. The molecule has 1 aliphatic heterocycles. The molecule has 182 valence electrons. The van der Waals surface area contributed by atoms with Crippen molar-refractivity contribution in [1.82, 2.24) is 14.9 Å². The molecule has 0 saturated heterocycles. The molecule has 0 amide bonds. The largest absolute Gasteiger partial charge is 0.391 e. The molecule has 1 aromatic heterocycles. The molecule has 4 fully saturated rings. The van der Waals surface area contributed by atoms with Crippen LogP contribution in [0.5, 0.6) is 0 Å². The van der Waals surface area contributed by atoms with Crippen LogP contribution in [0.25, 0.3) is 0 Å². The average molecular weight is 462 g/mol. The molecule has 6 nitrogen and oxygen atoms in total. The van der Waals surface area contributed by atoms with Crippen molar-refractivity contribution < 1.29 is 5.11 Å². The molecule has 1 aromatic carbocycles. The van der Waals surface area contributed by atoms with Gasteiger partial charge in [0.2, 0.25) is 0 Å². The van der Waals surface area contributed by atoms with Gasteiger partial charge in [-0.05, 0) is 85.8 Å². The van der Waals surface area contributed by atoms with Crippen LogP contribution in [-0.4, -0.2) is 53.3 Å². The maximum absolute atomic E-state index is 11.3. The second-order valence-electron chi connectivity index (χ2n) is 11.8. The van der Waals surface area contributed by atoms with E-state index in [0.717, 1.165) is 55.3 Å². The number of fused-ring (bicyclic) bond motifs is 1.